The first-order valence-corrected chi connectivity index (χ1v) is 10.7. The smallest absolute Gasteiger partial charge is 0.410 e. The average Bonchev–Trinajstić information content (AvgIpc) is 3.16. The zero-order valence-corrected chi connectivity index (χ0v) is 18.4. The zero-order valence-electron chi connectivity index (χ0n) is 18.4. The van der Waals surface area contributed by atoms with Crippen molar-refractivity contribution >= 4 is 11.9 Å². The summed E-state index contributed by atoms with van der Waals surface area (Å²) in [5.74, 6) is 1.19. The fourth-order valence-electron chi connectivity index (χ4n) is 3.81. The van der Waals surface area contributed by atoms with Gasteiger partial charge in [-0.3, -0.25) is 15.2 Å². The summed E-state index contributed by atoms with van der Waals surface area (Å²) in [5.41, 5.74) is 7.55. The van der Waals surface area contributed by atoms with Crippen molar-refractivity contribution in [1.82, 2.24) is 10.2 Å². The van der Waals surface area contributed by atoms with Gasteiger partial charge in [0.1, 0.15) is 29.6 Å². The normalized spacial score (nSPS) is 21.6. The highest BCUT2D eigenvalue weighted by Crippen LogP contribution is 2.28. The fourth-order valence-corrected chi connectivity index (χ4v) is 3.81. The van der Waals surface area contributed by atoms with Crippen LogP contribution in [0.1, 0.15) is 64.3 Å². The molecule has 3 rings (SSSR count). The summed E-state index contributed by atoms with van der Waals surface area (Å²) in [7, 11) is 0. The number of hydrogen-bond acceptors (Lipinski definition) is 6. The van der Waals surface area contributed by atoms with E-state index in [1.807, 2.05) is 45.9 Å². The minimum atomic E-state index is -0.905. The summed E-state index contributed by atoms with van der Waals surface area (Å²) in [6, 6.07) is 5.46. The number of likely N-dealkylation sites (tertiary alicyclic amines) is 1. The first kappa shape index (κ1) is 22.4. The van der Waals surface area contributed by atoms with Gasteiger partial charge in [0.25, 0.3) is 0 Å². The molecule has 1 fully saturated rings. The Balaban J connectivity index is 1.62. The molecule has 8 heteroatoms. The summed E-state index contributed by atoms with van der Waals surface area (Å²) < 4.78 is 11.2. The van der Waals surface area contributed by atoms with E-state index in [0.29, 0.717) is 24.6 Å². The molecule has 30 heavy (non-hydrogen) atoms. The predicted octanol–water partition coefficient (Wildman–Crippen LogP) is 2.69. The van der Waals surface area contributed by atoms with Crippen molar-refractivity contribution in [2.75, 3.05) is 13.2 Å². The van der Waals surface area contributed by atoms with E-state index in [0.717, 1.165) is 37.0 Å². The monoisotopic (exact) mass is 418 g/mol. The number of aryl methyl sites for hydroxylation is 1. The molecule has 1 aromatic rings. The van der Waals surface area contributed by atoms with Crippen molar-refractivity contribution in [2.24, 2.45) is 10.7 Å². The highest BCUT2D eigenvalue weighted by molar-refractivity contribution is 5.89. The van der Waals surface area contributed by atoms with E-state index in [-0.39, 0.29) is 12.1 Å². The number of ether oxygens (including phenoxy) is 2. The highest BCUT2D eigenvalue weighted by Gasteiger charge is 2.34. The van der Waals surface area contributed by atoms with E-state index >= 15 is 0 Å². The molecule has 2 aliphatic heterocycles. The number of hydrogen-bond donors (Lipinski definition) is 3. The second-order valence-electron chi connectivity index (χ2n) is 8.95. The van der Waals surface area contributed by atoms with Crippen molar-refractivity contribution in [3.8, 4) is 5.75 Å². The maximum Gasteiger partial charge on any atom is 0.410 e. The van der Waals surface area contributed by atoms with Crippen LogP contribution in [0.2, 0.25) is 0 Å². The molecule has 3 atom stereocenters. The van der Waals surface area contributed by atoms with Crippen LogP contribution in [0.25, 0.3) is 0 Å². The lowest BCUT2D eigenvalue weighted by Crippen LogP contribution is -2.46. The molecular formula is C22H34N4O4. The van der Waals surface area contributed by atoms with Crippen LogP contribution < -0.4 is 15.8 Å². The molecule has 1 aromatic carbocycles. The number of amidine groups is 1. The number of rotatable bonds is 5. The topological polar surface area (TPSA) is 109 Å². The lowest BCUT2D eigenvalue weighted by atomic mass is 10.0. The second kappa shape index (κ2) is 9.22. The Hall–Kier alpha value is -2.32. The standard InChI is InChI=1S/C22H34N4O4/c1-14(25-20(27)16-10-9-15-7-6-12-29-18(15)13-16)24-19(23)17-8-5-11-26(17)21(28)30-22(2,3)4/h9-10,13-14,17,20,25,27H,5-8,11-12H2,1-4H3,(H2,23,24)/t14?,17-,20?/m0/s1. The number of amides is 1. The van der Waals surface area contributed by atoms with Gasteiger partial charge in [-0.2, -0.15) is 0 Å². The molecule has 0 saturated carbocycles. The maximum atomic E-state index is 12.5. The van der Waals surface area contributed by atoms with Gasteiger partial charge >= 0.3 is 6.09 Å². The van der Waals surface area contributed by atoms with Crippen LogP contribution in [0.4, 0.5) is 4.79 Å². The molecule has 0 spiro atoms. The highest BCUT2D eigenvalue weighted by atomic mass is 16.6. The molecule has 2 heterocycles. The van der Waals surface area contributed by atoms with Crippen molar-refractivity contribution < 1.29 is 19.4 Å². The average molecular weight is 419 g/mol. The lowest BCUT2D eigenvalue weighted by Gasteiger charge is -2.28. The van der Waals surface area contributed by atoms with Gasteiger partial charge in [0.15, 0.2) is 0 Å². The number of carbonyl (C=O) groups excluding carboxylic acids is 1. The second-order valence-corrected chi connectivity index (χ2v) is 8.95. The van der Waals surface area contributed by atoms with Gasteiger partial charge in [0.2, 0.25) is 0 Å². The Labute approximate surface area is 178 Å². The van der Waals surface area contributed by atoms with Gasteiger partial charge < -0.3 is 20.3 Å². The van der Waals surface area contributed by atoms with Crippen molar-refractivity contribution in [3.05, 3.63) is 29.3 Å². The molecule has 0 aliphatic carbocycles. The molecule has 1 amide bonds. The number of nitrogens with two attached hydrogens (primary N) is 1. The Morgan fingerprint density at radius 2 is 2.17 bits per heavy atom. The van der Waals surface area contributed by atoms with Crippen molar-refractivity contribution in [2.45, 2.75) is 77.4 Å². The lowest BCUT2D eigenvalue weighted by molar-refractivity contribution is 0.0264. The molecular weight excluding hydrogens is 384 g/mol. The molecule has 0 aromatic heterocycles. The molecule has 8 nitrogen and oxygen atoms in total. The van der Waals surface area contributed by atoms with Gasteiger partial charge in [-0.05, 0) is 70.6 Å². The SMILES string of the molecule is CC(N=C(N)[C@@H]1CCCN1C(=O)OC(C)(C)C)NC(O)c1ccc2c(c1)OCCC2. The van der Waals surface area contributed by atoms with Gasteiger partial charge in [0.05, 0.1) is 12.6 Å². The van der Waals surface area contributed by atoms with Gasteiger partial charge in [-0.1, -0.05) is 12.1 Å². The quantitative estimate of drug-likeness (QED) is 0.385. The van der Waals surface area contributed by atoms with Crippen LogP contribution in [-0.2, 0) is 11.2 Å². The third kappa shape index (κ3) is 5.64. The summed E-state index contributed by atoms with van der Waals surface area (Å²) in [5, 5.41) is 13.6. The number of carbonyl (C=O) groups is 1. The number of nitrogens with one attached hydrogen (secondary N) is 1. The van der Waals surface area contributed by atoms with Crippen molar-refractivity contribution in [1.29, 1.82) is 0 Å². The van der Waals surface area contributed by atoms with Crippen molar-refractivity contribution in [3.63, 3.8) is 0 Å². The first-order valence-electron chi connectivity index (χ1n) is 10.7. The summed E-state index contributed by atoms with van der Waals surface area (Å²) in [6.07, 6.45) is 1.88. The van der Waals surface area contributed by atoms with E-state index in [2.05, 4.69) is 10.3 Å². The van der Waals surface area contributed by atoms with Crippen LogP contribution in [0, 0.1) is 0 Å². The molecule has 0 bridgehead atoms. The molecule has 2 unspecified atom stereocenters. The molecule has 4 N–H and O–H groups in total. The maximum absolute atomic E-state index is 12.5. The van der Waals surface area contributed by atoms with E-state index in [4.69, 9.17) is 15.2 Å². The molecule has 1 saturated heterocycles. The summed E-state index contributed by atoms with van der Waals surface area (Å²) >= 11 is 0. The van der Waals surface area contributed by atoms with Crippen LogP contribution in [0.15, 0.2) is 23.2 Å². The molecule has 0 radical (unpaired) electrons. The van der Waals surface area contributed by atoms with E-state index < -0.39 is 18.0 Å². The van der Waals surface area contributed by atoms with Crippen LogP contribution >= 0.6 is 0 Å². The zero-order chi connectivity index (χ0) is 21.9. The Morgan fingerprint density at radius 1 is 1.40 bits per heavy atom. The summed E-state index contributed by atoms with van der Waals surface area (Å²) in [4.78, 5) is 18.6. The van der Waals surface area contributed by atoms with E-state index in [1.54, 1.807) is 4.90 Å². The Bertz CT molecular complexity index is 790. The third-order valence-corrected chi connectivity index (χ3v) is 5.22. The van der Waals surface area contributed by atoms with Gasteiger partial charge in [-0.15, -0.1) is 0 Å². The van der Waals surface area contributed by atoms with E-state index in [9.17, 15) is 9.90 Å². The largest absolute Gasteiger partial charge is 0.493 e. The third-order valence-electron chi connectivity index (χ3n) is 5.22. The number of fused-ring (bicyclic) bond motifs is 1. The number of aliphatic imine (C=N–C) groups is 1. The summed E-state index contributed by atoms with van der Waals surface area (Å²) in [6.45, 7) is 8.63. The van der Waals surface area contributed by atoms with Gasteiger partial charge in [-0.25, -0.2) is 4.79 Å². The Morgan fingerprint density at radius 3 is 2.90 bits per heavy atom. The fraction of sp³-hybridized carbons (Fsp3) is 0.636. The van der Waals surface area contributed by atoms with E-state index in [1.165, 1.54) is 0 Å². The van der Waals surface area contributed by atoms with Gasteiger partial charge in [0, 0.05) is 6.54 Å². The predicted molar refractivity (Wildman–Crippen MR) is 115 cm³/mol. The minimum absolute atomic E-state index is 0.293. The van der Waals surface area contributed by atoms with Crippen LogP contribution in [0.3, 0.4) is 0 Å². The minimum Gasteiger partial charge on any atom is -0.493 e. The first-order chi connectivity index (χ1) is 14.1. The number of benzene rings is 1. The molecule has 166 valence electrons. The van der Waals surface area contributed by atoms with Crippen LogP contribution in [0.5, 0.6) is 5.75 Å². The number of nitrogens with zero attached hydrogens (tertiary/aromatic N) is 2. The number of aliphatic hydroxyl groups excluding tert-OH is 1. The molecule has 2 aliphatic rings. The number of aliphatic hydroxyl groups is 1. The van der Waals surface area contributed by atoms with Crippen LogP contribution in [-0.4, -0.2) is 52.9 Å². The Kier molecular flexibility index (Phi) is 6.88.